The van der Waals surface area contributed by atoms with Gasteiger partial charge in [-0.15, -0.1) is 0 Å². The lowest BCUT2D eigenvalue weighted by Gasteiger charge is -2.24. The fourth-order valence-corrected chi connectivity index (χ4v) is 2.53. The first-order valence-corrected chi connectivity index (χ1v) is 8.83. The Labute approximate surface area is 121 Å². The molecule has 0 aromatic rings. The first-order valence-electron chi connectivity index (χ1n) is 6.94. The van der Waals surface area contributed by atoms with Gasteiger partial charge in [-0.25, -0.2) is 13.1 Å². The zero-order valence-electron chi connectivity index (χ0n) is 12.6. The van der Waals surface area contributed by atoms with E-state index in [4.69, 9.17) is 4.74 Å². The molecule has 1 fully saturated rings. The van der Waals surface area contributed by atoms with Gasteiger partial charge in [-0.2, -0.15) is 0 Å². The summed E-state index contributed by atoms with van der Waals surface area (Å²) in [5.74, 6) is 1.34. The minimum atomic E-state index is -3.14. The van der Waals surface area contributed by atoms with Crippen LogP contribution in [0.2, 0.25) is 0 Å². The van der Waals surface area contributed by atoms with Crippen molar-refractivity contribution in [3.63, 3.8) is 0 Å². The quantitative estimate of drug-likeness (QED) is 0.375. The zero-order chi connectivity index (χ0) is 15.0. The van der Waals surface area contributed by atoms with Crippen molar-refractivity contribution >= 4 is 16.0 Å². The molecular formula is C12H26N4O3S. The predicted molar refractivity (Wildman–Crippen MR) is 80.4 cm³/mol. The van der Waals surface area contributed by atoms with Crippen molar-refractivity contribution in [3.8, 4) is 0 Å². The van der Waals surface area contributed by atoms with Crippen molar-refractivity contribution in [2.45, 2.75) is 13.3 Å². The zero-order valence-corrected chi connectivity index (χ0v) is 13.4. The molecule has 0 amide bonds. The van der Waals surface area contributed by atoms with Crippen LogP contribution in [0.15, 0.2) is 4.99 Å². The fraction of sp³-hybridized carbons (Fsp3) is 0.917. The van der Waals surface area contributed by atoms with Gasteiger partial charge in [0.25, 0.3) is 0 Å². The Hall–Kier alpha value is -0.860. The number of aliphatic imine (C=N–C) groups is 1. The van der Waals surface area contributed by atoms with Crippen LogP contribution < -0.4 is 10.0 Å². The summed E-state index contributed by atoms with van der Waals surface area (Å²) in [6.45, 7) is 6.06. The Kier molecular flexibility index (Phi) is 7.25. The number of nitrogens with one attached hydrogen (secondary N) is 2. The maximum atomic E-state index is 11.0. The maximum Gasteiger partial charge on any atom is 0.208 e. The molecule has 1 unspecified atom stereocenters. The summed E-state index contributed by atoms with van der Waals surface area (Å²) in [6, 6.07) is 0. The van der Waals surface area contributed by atoms with E-state index in [9.17, 15) is 8.42 Å². The van der Waals surface area contributed by atoms with Crippen molar-refractivity contribution in [1.82, 2.24) is 14.9 Å². The van der Waals surface area contributed by atoms with Crippen LogP contribution in [0, 0.1) is 5.92 Å². The number of ether oxygens (including phenoxy) is 1. The summed E-state index contributed by atoms with van der Waals surface area (Å²) < 4.78 is 29.7. The average Bonchev–Trinajstić information content (AvgIpc) is 2.84. The van der Waals surface area contributed by atoms with Gasteiger partial charge in [0, 0.05) is 39.2 Å². The lowest BCUT2D eigenvalue weighted by Crippen LogP contribution is -2.42. The second kappa shape index (κ2) is 8.43. The summed E-state index contributed by atoms with van der Waals surface area (Å²) >= 11 is 0. The van der Waals surface area contributed by atoms with E-state index in [1.807, 2.05) is 14.0 Å². The smallest absolute Gasteiger partial charge is 0.208 e. The van der Waals surface area contributed by atoms with Gasteiger partial charge in [0.2, 0.25) is 10.0 Å². The highest BCUT2D eigenvalue weighted by atomic mass is 32.2. The van der Waals surface area contributed by atoms with Crippen LogP contribution in [0.4, 0.5) is 0 Å². The molecule has 1 heterocycles. The maximum absolute atomic E-state index is 11.0. The molecule has 1 aliphatic heterocycles. The van der Waals surface area contributed by atoms with Crippen LogP contribution in [-0.2, 0) is 14.8 Å². The number of sulfonamides is 1. The summed E-state index contributed by atoms with van der Waals surface area (Å²) in [5, 5.41) is 3.21. The van der Waals surface area contributed by atoms with E-state index < -0.39 is 10.0 Å². The van der Waals surface area contributed by atoms with Crippen LogP contribution in [-0.4, -0.2) is 72.0 Å². The molecule has 8 heteroatoms. The van der Waals surface area contributed by atoms with Crippen LogP contribution in [0.3, 0.4) is 0 Å². The molecule has 1 aliphatic rings. The second-order valence-corrected chi connectivity index (χ2v) is 6.85. The third-order valence-electron chi connectivity index (χ3n) is 2.99. The Balaban J connectivity index is 2.44. The molecule has 1 saturated heterocycles. The number of hydrogen-bond donors (Lipinski definition) is 2. The van der Waals surface area contributed by atoms with Crippen molar-refractivity contribution in [3.05, 3.63) is 0 Å². The fourth-order valence-electron chi connectivity index (χ4n) is 2.06. The van der Waals surface area contributed by atoms with E-state index in [0.29, 0.717) is 19.0 Å². The van der Waals surface area contributed by atoms with Gasteiger partial charge in [0.05, 0.1) is 19.4 Å². The van der Waals surface area contributed by atoms with Crippen LogP contribution in [0.5, 0.6) is 0 Å². The predicted octanol–water partition coefficient (Wildman–Crippen LogP) is -0.531. The van der Waals surface area contributed by atoms with E-state index in [0.717, 1.165) is 44.9 Å². The Bertz CT molecular complexity index is 405. The van der Waals surface area contributed by atoms with Crippen molar-refractivity contribution in [2.24, 2.45) is 10.9 Å². The number of guanidine groups is 1. The highest BCUT2D eigenvalue weighted by Gasteiger charge is 2.18. The van der Waals surface area contributed by atoms with Gasteiger partial charge in [-0.1, -0.05) is 0 Å². The normalized spacial score (nSPS) is 20.1. The third kappa shape index (κ3) is 7.06. The highest BCUT2D eigenvalue weighted by molar-refractivity contribution is 7.88. The molecule has 7 nitrogen and oxygen atoms in total. The Morgan fingerprint density at radius 3 is 2.80 bits per heavy atom. The van der Waals surface area contributed by atoms with Gasteiger partial charge in [0.1, 0.15) is 0 Å². The van der Waals surface area contributed by atoms with Crippen LogP contribution >= 0.6 is 0 Å². The van der Waals surface area contributed by atoms with E-state index in [1.165, 1.54) is 0 Å². The molecule has 0 radical (unpaired) electrons. The topological polar surface area (TPSA) is 83.0 Å². The van der Waals surface area contributed by atoms with Gasteiger partial charge < -0.3 is 15.0 Å². The molecule has 0 aliphatic carbocycles. The van der Waals surface area contributed by atoms with Crippen LogP contribution in [0.1, 0.15) is 13.3 Å². The molecule has 1 rings (SSSR count). The molecule has 0 spiro atoms. The summed E-state index contributed by atoms with van der Waals surface area (Å²) in [7, 11) is -1.15. The molecule has 118 valence electrons. The number of hydrogen-bond acceptors (Lipinski definition) is 4. The van der Waals surface area contributed by atoms with Crippen LogP contribution in [0.25, 0.3) is 0 Å². The first-order chi connectivity index (χ1) is 9.42. The van der Waals surface area contributed by atoms with E-state index >= 15 is 0 Å². The van der Waals surface area contributed by atoms with Crippen molar-refractivity contribution in [2.75, 3.05) is 52.7 Å². The molecule has 2 N–H and O–H groups in total. The average molecular weight is 306 g/mol. The van der Waals surface area contributed by atoms with Crippen molar-refractivity contribution in [1.29, 1.82) is 0 Å². The lowest BCUT2D eigenvalue weighted by molar-refractivity contribution is 0.181. The molecule has 0 aromatic carbocycles. The number of nitrogens with zero attached hydrogens (tertiary/aromatic N) is 2. The SMILES string of the molecule is CCNC(=NCCNS(C)(=O)=O)N(C)CC1CCOC1. The summed E-state index contributed by atoms with van der Waals surface area (Å²) in [6.07, 6.45) is 2.23. The first kappa shape index (κ1) is 17.2. The van der Waals surface area contributed by atoms with Gasteiger partial charge >= 0.3 is 0 Å². The highest BCUT2D eigenvalue weighted by Crippen LogP contribution is 2.13. The minimum Gasteiger partial charge on any atom is -0.381 e. The monoisotopic (exact) mass is 306 g/mol. The summed E-state index contributed by atoms with van der Waals surface area (Å²) in [5.41, 5.74) is 0. The van der Waals surface area contributed by atoms with Gasteiger partial charge in [0.15, 0.2) is 5.96 Å². The van der Waals surface area contributed by atoms with Gasteiger partial charge in [-0.05, 0) is 13.3 Å². The second-order valence-electron chi connectivity index (χ2n) is 5.01. The lowest BCUT2D eigenvalue weighted by atomic mass is 10.1. The van der Waals surface area contributed by atoms with E-state index in [-0.39, 0.29) is 0 Å². The van der Waals surface area contributed by atoms with E-state index in [2.05, 4.69) is 19.9 Å². The molecule has 0 bridgehead atoms. The van der Waals surface area contributed by atoms with E-state index in [1.54, 1.807) is 0 Å². The molecule has 1 atom stereocenters. The minimum absolute atomic E-state index is 0.314. The third-order valence-corrected chi connectivity index (χ3v) is 3.72. The molecule has 0 saturated carbocycles. The standard InChI is InChI=1S/C12H26N4O3S/c1-4-13-12(14-6-7-15-20(3,17)18)16(2)9-11-5-8-19-10-11/h11,15H,4-10H2,1-3H3,(H,13,14). The Morgan fingerprint density at radius 1 is 1.50 bits per heavy atom. The Morgan fingerprint density at radius 2 is 2.25 bits per heavy atom. The van der Waals surface area contributed by atoms with Gasteiger partial charge in [-0.3, -0.25) is 4.99 Å². The molecule has 0 aromatic heterocycles. The number of rotatable bonds is 7. The largest absolute Gasteiger partial charge is 0.381 e. The summed E-state index contributed by atoms with van der Waals surface area (Å²) in [4.78, 5) is 6.49. The molecular weight excluding hydrogens is 280 g/mol. The molecule has 20 heavy (non-hydrogen) atoms. The van der Waals surface area contributed by atoms with Crippen molar-refractivity contribution < 1.29 is 13.2 Å².